The monoisotopic (exact) mass is 144 g/mol. The lowest BCUT2D eigenvalue weighted by Gasteiger charge is -1.65. The maximum Gasteiger partial charge on any atom is -0.0445 e. The van der Waals surface area contributed by atoms with Crippen LogP contribution in [-0.2, 0) is 0 Å². The van der Waals surface area contributed by atoms with Gasteiger partial charge in [-0.2, -0.15) is 0 Å². The van der Waals surface area contributed by atoms with Gasteiger partial charge in [0.2, 0.25) is 0 Å². The van der Waals surface area contributed by atoms with E-state index in [1.54, 1.807) is 0 Å². The summed E-state index contributed by atoms with van der Waals surface area (Å²) in [7, 11) is 0. The number of hydrogen-bond donors (Lipinski definition) is 0. The highest BCUT2D eigenvalue weighted by molar-refractivity contribution is 4.79. The van der Waals surface area contributed by atoms with E-state index in [1.165, 1.54) is 11.1 Å². The maximum absolute atomic E-state index is 3.56. The van der Waals surface area contributed by atoms with E-state index in [1.807, 2.05) is 27.7 Å². The topological polar surface area (TPSA) is 0 Å². The molecule has 0 amide bonds. The Morgan fingerprint density at radius 3 is 0.700 bits per heavy atom. The first-order chi connectivity index (χ1) is 3.46. The van der Waals surface area contributed by atoms with E-state index in [4.69, 9.17) is 0 Å². The molecule has 0 aliphatic carbocycles. The van der Waals surface area contributed by atoms with Gasteiger partial charge in [0.15, 0.2) is 0 Å². The van der Waals surface area contributed by atoms with E-state index in [-0.39, 0.29) is 14.9 Å². The minimum atomic E-state index is 0. The largest absolute Gasteiger partial charge is 0.100 e. The minimum absolute atomic E-state index is 0. The molecular weight excluding hydrogens is 120 g/mol. The van der Waals surface area contributed by atoms with Crippen molar-refractivity contribution in [2.24, 2.45) is 0 Å². The Hall–Kier alpha value is -0.520. The Kier molecular flexibility index (Phi) is 35.9. The van der Waals surface area contributed by atoms with Crippen LogP contribution < -0.4 is 0 Å². The highest BCUT2D eigenvalue weighted by atomic mass is 13.6. The van der Waals surface area contributed by atoms with Crippen LogP contribution in [0.15, 0.2) is 24.3 Å². The summed E-state index contributed by atoms with van der Waals surface area (Å²) in [6.45, 7) is 15.0. The lowest BCUT2D eigenvalue weighted by Crippen LogP contribution is -1.43. The smallest absolute Gasteiger partial charge is 0.0445 e. The third kappa shape index (κ3) is 1160. The summed E-state index contributed by atoms with van der Waals surface area (Å²) >= 11 is 0. The van der Waals surface area contributed by atoms with Crippen LogP contribution in [0.25, 0.3) is 0 Å². The third-order valence-corrected chi connectivity index (χ3v) is 0. The van der Waals surface area contributed by atoms with Gasteiger partial charge in [0.05, 0.1) is 0 Å². The van der Waals surface area contributed by atoms with Gasteiger partial charge in [0.1, 0.15) is 0 Å². The van der Waals surface area contributed by atoms with Gasteiger partial charge in [-0.05, 0) is 27.7 Å². The number of allylic oxidation sites excluding steroid dienone is 2. The van der Waals surface area contributed by atoms with Crippen LogP contribution in [0, 0.1) is 0 Å². The zero-order valence-electron chi connectivity index (χ0n) is 6.41. The normalized spacial score (nSPS) is 5.20. The fourth-order valence-electron chi connectivity index (χ4n) is 0. The zero-order valence-corrected chi connectivity index (χ0v) is 6.41. The average Bonchev–Trinajstić information content (AvgIpc) is 1.25. The molecule has 0 N–H and O–H groups in total. The molecule has 0 heteroatoms. The predicted molar refractivity (Wildman–Crippen MR) is 54.4 cm³/mol. The van der Waals surface area contributed by atoms with Gasteiger partial charge in [-0.3, -0.25) is 0 Å². The van der Waals surface area contributed by atoms with Gasteiger partial charge < -0.3 is 0 Å². The Morgan fingerprint density at radius 2 is 0.700 bits per heavy atom. The Labute approximate surface area is 67.7 Å². The van der Waals surface area contributed by atoms with Crippen LogP contribution >= 0.6 is 0 Å². The summed E-state index contributed by atoms with van der Waals surface area (Å²) in [5, 5.41) is 0. The second-order valence-corrected chi connectivity index (χ2v) is 2.41. The van der Waals surface area contributed by atoms with Crippen molar-refractivity contribution in [3.05, 3.63) is 24.3 Å². The highest BCUT2D eigenvalue weighted by Crippen LogP contribution is 1.74. The summed E-state index contributed by atoms with van der Waals surface area (Å²) in [6, 6.07) is 0. The average molecular weight is 144 g/mol. The van der Waals surface area contributed by atoms with Crippen molar-refractivity contribution in [2.75, 3.05) is 0 Å². The molecule has 0 aliphatic heterocycles. The molecule has 0 nitrogen and oxygen atoms in total. The molecule has 0 fully saturated rings. The van der Waals surface area contributed by atoms with E-state index < -0.39 is 0 Å². The zero-order chi connectivity index (χ0) is 7.15. The van der Waals surface area contributed by atoms with Crippen molar-refractivity contribution < 1.29 is 0 Å². The van der Waals surface area contributed by atoms with Crippen LogP contribution in [0.2, 0.25) is 0 Å². The maximum atomic E-state index is 3.56. The predicted octanol–water partition coefficient (Wildman–Crippen LogP) is 4.44. The quantitative estimate of drug-likeness (QED) is 0.441. The van der Waals surface area contributed by atoms with Crippen molar-refractivity contribution in [1.82, 2.24) is 0 Å². The van der Waals surface area contributed by atoms with Crippen molar-refractivity contribution >= 4 is 0 Å². The van der Waals surface area contributed by atoms with Crippen molar-refractivity contribution in [3.8, 4) is 0 Å². The molecule has 0 heterocycles. The molecule has 0 saturated heterocycles. The highest BCUT2D eigenvalue weighted by Gasteiger charge is 1.52. The molecule has 0 aromatic rings. The summed E-state index contributed by atoms with van der Waals surface area (Å²) in [6.07, 6.45) is 0. The second kappa shape index (κ2) is 15.8. The summed E-state index contributed by atoms with van der Waals surface area (Å²) in [5.41, 5.74) is 2.33. The number of hydrogen-bond acceptors (Lipinski definition) is 0. The molecule has 0 saturated carbocycles. The molecule has 0 radical (unpaired) electrons. The molecule has 0 spiro atoms. The van der Waals surface area contributed by atoms with Crippen molar-refractivity contribution in [1.29, 1.82) is 0 Å². The van der Waals surface area contributed by atoms with Gasteiger partial charge in [-0.25, -0.2) is 0 Å². The molecule has 0 atom stereocenters. The van der Waals surface area contributed by atoms with E-state index in [0.717, 1.165) is 0 Å². The first-order valence-electron chi connectivity index (χ1n) is 2.71. The summed E-state index contributed by atoms with van der Waals surface area (Å²) in [4.78, 5) is 0. The second-order valence-electron chi connectivity index (χ2n) is 2.41. The molecule has 0 aromatic heterocycles. The lowest BCUT2D eigenvalue weighted by molar-refractivity contribution is 1.42. The Bertz CT molecular complexity index is 58.0. The molecule has 0 unspecified atom stereocenters. The first kappa shape index (κ1) is 22.7. The van der Waals surface area contributed by atoms with Crippen LogP contribution in [0.5, 0.6) is 0 Å². The van der Waals surface area contributed by atoms with Gasteiger partial charge in [-0.15, -0.1) is 13.2 Å². The van der Waals surface area contributed by atoms with E-state index >= 15 is 0 Å². The summed E-state index contributed by atoms with van der Waals surface area (Å²) < 4.78 is 0. The van der Waals surface area contributed by atoms with Crippen LogP contribution in [0.1, 0.15) is 42.5 Å². The fourth-order valence-corrected chi connectivity index (χ4v) is 0. The summed E-state index contributed by atoms with van der Waals surface area (Å²) in [5.74, 6) is 0. The van der Waals surface area contributed by atoms with Crippen LogP contribution in [-0.4, -0.2) is 0 Å². The van der Waals surface area contributed by atoms with Crippen LogP contribution in [0.4, 0.5) is 0 Å². The molecule has 0 rings (SSSR count). The van der Waals surface area contributed by atoms with Gasteiger partial charge in [0, 0.05) is 0 Å². The molecule has 0 aromatic carbocycles. The van der Waals surface area contributed by atoms with Crippen molar-refractivity contribution in [2.45, 2.75) is 42.5 Å². The number of rotatable bonds is 0. The minimum Gasteiger partial charge on any atom is -0.100 e. The Morgan fingerprint density at radius 1 is 0.700 bits per heavy atom. The third-order valence-electron chi connectivity index (χ3n) is 0. The fraction of sp³-hybridized carbons (Fsp3) is 0.600. The van der Waals surface area contributed by atoms with Crippen molar-refractivity contribution in [3.63, 3.8) is 0 Å². The molecule has 64 valence electrons. The van der Waals surface area contributed by atoms with E-state index in [9.17, 15) is 0 Å². The van der Waals surface area contributed by atoms with Gasteiger partial charge >= 0.3 is 0 Å². The van der Waals surface area contributed by atoms with E-state index in [0.29, 0.717) is 0 Å². The van der Waals surface area contributed by atoms with Gasteiger partial charge in [0.25, 0.3) is 0 Å². The lowest BCUT2D eigenvalue weighted by atomic mass is 10.4. The molecular formula is C10H24. The molecule has 0 bridgehead atoms. The van der Waals surface area contributed by atoms with Crippen LogP contribution in [0.3, 0.4) is 0 Å². The Balaban J connectivity index is -0.0000000300. The van der Waals surface area contributed by atoms with E-state index in [2.05, 4.69) is 13.2 Å². The van der Waals surface area contributed by atoms with Gasteiger partial charge in [-0.1, -0.05) is 26.0 Å². The molecule has 0 aliphatic rings. The standard InChI is InChI=1S/2C4H8.2CH4/c2*1-4(2)3;;/h2*1H2,2-3H3;2*1H4. The first-order valence-corrected chi connectivity index (χ1v) is 2.71. The SMILES string of the molecule is C.C.C=C(C)C.C=C(C)C. The molecule has 10 heavy (non-hydrogen) atoms.